The van der Waals surface area contributed by atoms with Crippen LogP contribution in [0.1, 0.15) is 59.2 Å². The molecule has 0 radical (unpaired) electrons. The summed E-state index contributed by atoms with van der Waals surface area (Å²) in [6.45, 7) is 0. The Balaban J connectivity index is 1.37. The number of nitrogens with one attached hydrogen (secondary N) is 2. The summed E-state index contributed by atoms with van der Waals surface area (Å²) < 4.78 is 4.64. The lowest BCUT2D eigenvalue weighted by molar-refractivity contribution is -0.147. The highest BCUT2D eigenvalue weighted by Gasteiger charge is 2.54. The van der Waals surface area contributed by atoms with Gasteiger partial charge in [0.25, 0.3) is 5.91 Å². The summed E-state index contributed by atoms with van der Waals surface area (Å²) in [4.78, 5) is 36.5. The van der Waals surface area contributed by atoms with Gasteiger partial charge in [-0.05, 0) is 80.5 Å². The highest BCUT2D eigenvalue weighted by atomic mass is 16.5. The van der Waals surface area contributed by atoms with Gasteiger partial charge >= 0.3 is 5.97 Å². The van der Waals surface area contributed by atoms with Crippen molar-refractivity contribution in [3.8, 4) is 0 Å². The van der Waals surface area contributed by atoms with E-state index in [0.717, 1.165) is 19.3 Å². The number of hydrazine groups is 1. The maximum Gasteiger partial charge on any atom is 0.337 e. The van der Waals surface area contributed by atoms with Crippen LogP contribution in [0, 0.1) is 23.2 Å². The van der Waals surface area contributed by atoms with Crippen LogP contribution in [0.5, 0.6) is 0 Å². The van der Waals surface area contributed by atoms with Crippen LogP contribution in [-0.4, -0.2) is 24.9 Å². The summed E-state index contributed by atoms with van der Waals surface area (Å²) in [5.41, 5.74) is 5.65. The van der Waals surface area contributed by atoms with Crippen molar-refractivity contribution in [2.24, 2.45) is 23.2 Å². The first-order valence-electron chi connectivity index (χ1n) is 9.28. The van der Waals surface area contributed by atoms with Crippen molar-refractivity contribution < 1.29 is 19.1 Å². The molecule has 0 saturated heterocycles. The Morgan fingerprint density at radius 1 is 0.885 bits per heavy atom. The van der Waals surface area contributed by atoms with E-state index in [4.69, 9.17) is 0 Å². The van der Waals surface area contributed by atoms with Gasteiger partial charge < -0.3 is 4.74 Å². The summed E-state index contributed by atoms with van der Waals surface area (Å²) in [5.74, 6) is 1.14. The number of ether oxygens (including phenoxy) is 1. The number of hydrogen-bond donors (Lipinski definition) is 2. The van der Waals surface area contributed by atoms with Crippen LogP contribution in [0.25, 0.3) is 0 Å². The smallest absolute Gasteiger partial charge is 0.337 e. The number of hydrogen-bond acceptors (Lipinski definition) is 4. The Morgan fingerprint density at radius 3 is 1.88 bits per heavy atom. The molecule has 5 rings (SSSR count). The van der Waals surface area contributed by atoms with Gasteiger partial charge in [-0.25, -0.2) is 4.79 Å². The number of carbonyl (C=O) groups excluding carboxylic acids is 3. The van der Waals surface area contributed by atoms with Crippen molar-refractivity contribution in [1.29, 1.82) is 0 Å². The van der Waals surface area contributed by atoms with Gasteiger partial charge in [-0.3, -0.25) is 20.4 Å². The van der Waals surface area contributed by atoms with Crippen molar-refractivity contribution in [2.45, 2.75) is 38.5 Å². The van der Waals surface area contributed by atoms with E-state index >= 15 is 0 Å². The lowest BCUT2D eigenvalue weighted by Gasteiger charge is -2.55. The SMILES string of the molecule is COC(=O)c1ccc(C(=O)NNC(=O)C23CC4CC(CC(C4)C2)C3)cc1. The Bertz CT molecular complexity index is 705. The zero-order valence-corrected chi connectivity index (χ0v) is 14.9. The molecule has 6 nitrogen and oxygen atoms in total. The van der Waals surface area contributed by atoms with Crippen molar-refractivity contribution in [1.82, 2.24) is 10.9 Å². The molecule has 1 aromatic carbocycles. The van der Waals surface area contributed by atoms with E-state index in [-0.39, 0.29) is 17.2 Å². The lowest BCUT2D eigenvalue weighted by Crippen LogP contribution is -2.56. The molecular weight excluding hydrogens is 332 g/mol. The molecule has 2 N–H and O–H groups in total. The third kappa shape index (κ3) is 2.97. The monoisotopic (exact) mass is 356 g/mol. The van der Waals surface area contributed by atoms with Gasteiger partial charge in [0.1, 0.15) is 0 Å². The molecule has 2 amide bonds. The minimum atomic E-state index is -0.452. The van der Waals surface area contributed by atoms with Crippen LogP contribution in [-0.2, 0) is 9.53 Å². The molecule has 4 aliphatic rings. The first-order chi connectivity index (χ1) is 12.5. The van der Waals surface area contributed by atoms with Gasteiger partial charge in [-0.2, -0.15) is 0 Å². The van der Waals surface area contributed by atoms with Gasteiger partial charge in [0.05, 0.1) is 18.1 Å². The van der Waals surface area contributed by atoms with E-state index in [1.807, 2.05) is 0 Å². The van der Waals surface area contributed by atoms with Crippen LogP contribution in [0.3, 0.4) is 0 Å². The van der Waals surface area contributed by atoms with Crippen molar-refractivity contribution in [2.75, 3.05) is 7.11 Å². The first kappa shape index (κ1) is 17.1. The number of methoxy groups -OCH3 is 1. The maximum atomic E-state index is 12.8. The number of benzene rings is 1. The predicted molar refractivity (Wildman–Crippen MR) is 94.0 cm³/mol. The molecule has 6 heteroatoms. The average molecular weight is 356 g/mol. The van der Waals surface area contributed by atoms with E-state index in [1.165, 1.54) is 38.5 Å². The molecule has 26 heavy (non-hydrogen) atoms. The number of esters is 1. The van der Waals surface area contributed by atoms with Gasteiger partial charge in [-0.1, -0.05) is 0 Å². The molecule has 0 atom stereocenters. The Labute approximate surface area is 152 Å². The average Bonchev–Trinajstić information content (AvgIpc) is 2.64. The van der Waals surface area contributed by atoms with E-state index in [0.29, 0.717) is 28.9 Å². The molecular formula is C20H24N2O4. The predicted octanol–water partition coefficient (Wildman–Crippen LogP) is 2.45. The highest BCUT2D eigenvalue weighted by molar-refractivity contribution is 5.97. The van der Waals surface area contributed by atoms with E-state index in [9.17, 15) is 14.4 Å². The van der Waals surface area contributed by atoms with Crippen LogP contribution in [0.4, 0.5) is 0 Å². The zero-order chi connectivity index (χ0) is 18.3. The van der Waals surface area contributed by atoms with Gasteiger partial charge in [0.2, 0.25) is 5.91 Å². The van der Waals surface area contributed by atoms with Crippen LogP contribution >= 0.6 is 0 Å². The lowest BCUT2D eigenvalue weighted by atomic mass is 9.49. The Morgan fingerprint density at radius 2 is 1.38 bits per heavy atom. The molecule has 4 bridgehead atoms. The van der Waals surface area contributed by atoms with Crippen LogP contribution < -0.4 is 10.9 Å². The highest BCUT2D eigenvalue weighted by Crippen LogP contribution is 2.60. The van der Waals surface area contributed by atoms with Crippen molar-refractivity contribution >= 4 is 17.8 Å². The second-order valence-corrected chi connectivity index (χ2v) is 8.18. The molecule has 0 aromatic heterocycles. The van der Waals surface area contributed by atoms with Crippen molar-refractivity contribution in [3.05, 3.63) is 35.4 Å². The molecule has 0 aliphatic heterocycles. The van der Waals surface area contributed by atoms with Gasteiger partial charge in [-0.15, -0.1) is 0 Å². The second-order valence-electron chi connectivity index (χ2n) is 8.18. The largest absolute Gasteiger partial charge is 0.465 e. The summed E-state index contributed by atoms with van der Waals surface area (Å²) in [7, 11) is 1.31. The third-order valence-electron chi connectivity index (χ3n) is 6.38. The minimum absolute atomic E-state index is 0.0452. The molecule has 4 aliphatic carbocycles. The normalized spacial score (nSPS) is 31.3. The molecule has 4 fully saturated rings. The molecule has 0 heterocycles. The zero-order valence-electron chi connectivity index (χ0n) is 14.9. The number of rotatable bonds is 3. The molecule has 138 valence electrons. The second kappa shape index (κ2) is 6.41. The molecule has 1 aromatic rings. The minimum Gasteiger partial charge on any atom is -0.465 e. The molecule has 0 spiro atoms. The van der Waals surface area contributed by atoms with Gasteiger partial charge in [0.15, 0.2) is 0 Å². The fourth-order valence-electron chi connectivity index (χ4n) is 5.58. The summed E-state index contributed by atoms with van der Waals surface area (Å²) >= 11 is 0. The summed E-state index contributed by atoms with van der Waals surface area (Å²) in [6.07, 6.45) is 6.67. The quantitative estimate of drug-likeness (QED) is 0.644. The van der Waals surface area contributed by atoms with E-state index < -0.39 is 5.97 Å². The standard InChI is InChI=1S/C20H24N2O4/c1-26-18(24)16-4-2-15(3-5-16)17(23)21-22-19(25)20-9-12-6-13(10-20)8-14(7-12)11-20/h2-5,12-14H,6-11H2,1H3,(H,21,23)(H,22,25). The topological polar surface area (TPSA) is 84.5 Å². The molecule has 4 saturated carbocycles. The van der Waals surface area contributed by atoms with Crippen molar-refractivity contribution in [3.63, 3.8) is 0 Å². The number of carbonyl (C=O) groups is 3. The van der Waals surface area contributed by atoms with E-state index in [2.05, 4.69) is 15.6 Å². The number of amides is 2. The fraction of sp³-hybridized carbons (Fsp3) is 0.550. The summed E-state index contributed by atoms with van der Waals surface area (Å²) in [5, 5.41) is 0. The third-order valence-corrected chi connectivity index (χ3v) is 6.38. The van der Waals surface area contributed by atoms with E-state index in [1.54, 1.807) is 12.1 Å². The van der Waals surface area contributed by atoms with Crippen LogP contribution in [0.15, 0.2) is 24.3 Å². The molecule has 0 unspecified atom stereocenters. The van der Waals surface area contributed by atoms with Gasteiger partial charge in [0, 0.05) is 5.56 Å². The Kier molecular flexibility index (Phi) is 4.21. The summed E-state index contributed by atoms with van der Waals surface area (Å²) in [6, 6.07) is 6.14. The first-order valence-corrected chi connectivity index (χ1v) is 9.28. The Hall–Kier alpha value is -2.37. The fourth-order valence-corrected chi connectivity index (χ4v) is 5.58. The van der Waals surface area contributed by atoms with Crippen LogP contribution in [0.2, 0.25) is 0 Å². The maximum absolute atomic E-state index is 12.8.